The standard InChI is InChI=1S/C14H15N5/c1-10(11-4-3-6-15-8-11)18-14-13-12(5-7-16-14)19(2)9-17-13/h3-10H,1-2H3,(H,16,18). The summed E-state index contributed by atoms with van der Waals surface area (Å²) >= 11 is 0. The van der Waals surface area contributed by atoms with Gasteiger partial charge in [-0.05, 0) is 24.6 Å². The number of imidazole rings is 1. The van der Waals surface area contributed by atoms with E-state index in [4.69, 9.17) is 0 Å². The summed E-state index contributed by atoms with van der Waals surface area (Å²) in [6.07, 6.45) is 7.22. The van der Waals surface area contributed by atoms with Crippen LogP contribution in [0.4, 0.5) is 5.82 Å². The molecule has 0 aromatic carbocycles. The molecule has 0 saturated heterocycles. The van der Waals surface area contributed by atoms with Crippen LogP contribution in [0.3, 0.4) is 0 Å². The van der Waals surface area contributed by atoms with Crippen LogP contribution in [-0.4, -0.2) is 19.5 Å². The van der Waals surface area contributed by atoms with Crippen molar-refractivity contribution in [2.45, 2.75) is 13.0 Å². The highest BCUT2D eigenvalue weighted by atomic mass is 15.1. The average Bonchev–Trinajstić information content (AvgIpc) is 2.83. The van der Waals surface area contributed by atoms with Crippen molar-refractivity contribution in [2.24, 2.45) is 7.05 Å². The van der Waals surface area contributed by atoms with Crippen molar-refractivity contribution in [1.29, 1.82) is 0 Å². The summed E-state index contributed by atoms with van der Waals surface area (Å²) in [5, 5.41) is 3.39. The Morgan fingerprint density at radius 1 is 1.21 bits per heavy atom. The summed E-state index contributed by atoms with van der Waals surface area (Å²) in [5.74, 6) is 0.800. The summed E-state index contributed by atoms with van der Waals surface area (Å²) in [7, 11) is 1.98. The Kier molecular flexibility index (Phi) is 2.87. The van der Waals surface area contributed by atoms with Gasteiger partial charge in [-0.25, -0.2) is 9.97 Å². The lowest BCUT2D eigenvalue weighted by Crippen LogP contribution is -2.08. The second-order valence-electron chi connectivity index (χ2n) is 4.54. The molecule has 5 heteroatoms. The van der Waals surface area contributed by atoms with Crippen molar-refractivity contribution < 1.29 is 0 Å². The number of anilines is 1. The third-order valence-electron chi connectivity index (χ3n) is 3.18. The third kappa shape index (κ3) is 2.14. The maximum absolute atomic E-state index is 4.39. The highest BCUT2D eigenvalue weighted by molar-refractivity contribution is 5.85. The molecule has 3 aromatic heterocycles. The molecule has 1 atom stereocenters. The van der Waals surface area contributed by atoms with E-state index in [1.165, 1.54) is 0 Å². The van der Waals surface area contributed by atoms with Crippen LogP contribution in [0.15, 0.2) is 43.1 Å². The first-order valence-corrected chi connectivity index (χ1v) is 6.18. The third-order valence-corrected chi connectivity index (χ3v) is 3.18. The van der Waals surface area contributed by atoms with Crippen LogP contribution in [0.5, 0.6) is 0 Å². The van der Waals surface area contributed by atoms with Gasteiger partial charge in [0.1, 0.15) is 5.52 Å². The van der Waals surface area contributed by atoms with Gasteiger partial charge < -0.3 is 9.88 Å². The first kappa shape index (κ1) is 11.6. The van der Waals surface area contributed by atoms with Crippen LogP contribution in [0.1, 0.15) is 18.5 Å². The lowest BCUT2D eigenvalue weighted by molar-refractivity contribution is 0.868. The molecule has 0 bridgehead atoms. The van der Waals surface area contributed by atoms with Crippen molar-refractivity contribution in [1.82, 2.24) is 19.5 Å². The molecule has 0 aliphatic heterocycles. The first-order valence-electron chi connectivity index (χ1n) is 6.18. The van der Waals surface area contributed by atoms with E-state index >= 15 is 0 Å². The van der Waals surface area contributed by atoms with Crippen LogP contribution in [0.25, 0.3) is 11.0 Å². The Labute approximate surface area is 111 Å². The van der Waals surface area contributed by atoms with Crippen LogP contribution in [-0.2, 0) is 7.05 Å². The summed E-state index contributed by atoms with van der Waals surface area (Å²) in [6.45, 7) is 2.08. The molecule has 0 aliphatic carbocycles. The number of hydrogen-bond acceptors (Lipinski definition) is 4. The monoisotopic (exact) mass is 253 g/mol. The number of aryl methyl sites for hydroxylation is 1. The molecule has 5 nitrogen and oxygen atoms in total. The average molecular weight is 253 g/mol. The molecule has 0 saturated carbocycles. The van der Waals surface area contributed by atoms with Crippen LogP contribution in [0, 0.1) is 0 Å². The molecule has 1 unspecified atom stereocenters. The molecule has 0 fully saturated rings. The number of fused-ring (bicyclic) bond motifs is 1. The fourth-order valence-electron chi connectivity index (χ4n) is 2.09. The van der Waals surface area contributed by atoms with Gasteiger partial charge in [0.05, 0.1) is 17.9 Å². The van der Waals surface area contributed by atoms with Crippen molar-refractivity contribution >= 4 is 16.9 Å². The quantitative estimate of drug-likeness (QED) is 0.779. The van der Waals surface area contributed by atoms with Gasteiger partial charge >= 0.3 is 0 Å². The summed E-state index contributed by atoms with van der Waals surface area (Å²) in [5.41, 5.74) is 3.08. The second kappa shape index (κ2) is 4.68. The first-order chi connectivity index (χ1) is 9.25. The number of nitrogens with one attached hydrogen (secondary N) is 1. The smallest absolute Gasteiger partial charge is 0.154 e. The minimum absolute atomic E-state index is 0.133. The lowest BCUT2D eigenvalue weighted by Gasteiger charge is -2.14. The summed E-state index contributed by atoms with van der Waals surface area (Å²) in [4.78, 5) is 12.9. The molecule has 96 valence electrons. The van der Waals surface area contributed by atoms with Crippen LogP contribution < -0.4 is 5.32 Å². The molecule has 19 heavy (non-hydrogen) atoms. The minimum atomic E-state index is 0.133. The predicted octanol–water partition coefficient (Wildman–Crippen LogP) is 2.54. The van der Waals surface area contributed by atoms with E-state index in [1.54, 1.807) is 18.7 Å². The van der Waals surface area contributed by atoms with Crippen molar-refractivity contribution in [2.75, 3.05) is 5.32 Å². The Bertz CT molecular complexity index is 689. The fraction of sp³-hybridized carbons (Fsp3) is 0.214. The van der Waals surface area contributed by atoms with Gasteiger partial charge in [0.15, 0.2) is 5.82 Å². The van der Waals surface area contributed by atoms with Gasteiger partial charge in [0.2, 0.25) is 0 Å². The van der Waals surface area contributed by atoms with E-state index in [1.807, 2.05) is 36.0 Å². The Morgan fingerprint density at radius 2 is 2.11 bits per heavy atom. The van der Waals surface area contributed by atoms with Gasteiger partial charge in [-0.3, -0.25) is 4.98 Å². The van der Waals surface area contributed by atoms with Crippen molar-refractivity contribution in [3.8, 4) is 0 Å². The van der Waals surface area contributed by atoms with Crippen LogP contribution in [0.2, 0.25) is 0 Å². The van der Waals surface area contributed by atoms with Gasteiger partial charge in [-0.15, -0.1) is 0 Å². The number of hydrogen-bond donors (Lipinski definition) is 1. The molecule has 0 radical (unpaired) electrons. The van der Waals surface area contributed by atoms with Gasteiger partial charge in [-0.1, -0.05) is 6.07 Å². The molecule has 0 aliphatic rings. The minimum Gasteiger partial charge on any atom is -0.362 e. The largest absolute Gasteiger partial charge is 0.362 e. The predicted molar refractivity (Wildman–Crippen MR) is 74.8 cm³/mol. The fourth-order valence-corrected chi connectivity index (χ4v) is 2.09. The zero-order valence-corrected chi connectivity index (χ0v) is 10.9. The van der Waals surface area contributed by atoms with E-state index < -0.39 is 0 Å². The van der Waals surface area contributed by atoms with Gasteiger partial charge in [0, 0.05) is 25.6 Å². The van der Waals surface area contributed by atoms with E-state index in [9.17, 15) is 0 Å². The highest BCUT2D eigenvalue weighted by Gasteiger charge is 2.10. The normalized spacial score (nSPS) is 12.5. The van der Waals surface area contributed by atoms with Gasteiger partial charge in [0.25, 0.3) is 0 Å². The molecule has 0 amide bonds. The Balaban J connectivity index is 1.93. The molecule has 3 aromatic rings. The molecule has 0 spiro atoms. The molecular formula is C14H15N5. The Morgan fingerprint density at radius 3 is 2.89 bits per heavy atom. The van der Waals surface area contributed by atoms with E-state index in [0.29, 0.717) is 0 Å². The number of pyridine rings is 2. The molecule has 1 N–H and O–H groups in total. The van der Waals surface area contributed by atoms with Gasteiger partial charge in [-0.2, -0.15) is 0 Å². The van der Waals surface area contributed by atoms with E-state index in [-0.39, 0.29) is 6.04 Å². The topological polar surface area (TPSA) is 55.6 Å². The number of aromatic nitrogens is 4. The SMILES string of the molecule is CC(Nc1nccc2c1ncn2C)c1cccnc1. The molecular weight excluding hydrogens is 238 g/mol. The van der Waals surface area contributed by atoms with Crippen molar-refractivity contribution in [3.63, 3.8) is 0 Å². The second-order valence-corrected chi connectivity index (χ2v) is 4.54. The number of rotatable bonds is 3. The zero-order chi connectivity index (χ0) is 13.2. The maximum atomic E-state index is 4.39. The maximum Gasteiger partial charge on any atom is 0.154 e. The van der Waals surface area contributed by atoms with Crippen molar-refractivity contribution in [3.05, 3.63) is 48.7 Å². The van der Waals surface area contributed by atoms with E-state index in [2.05, 4.69) is 27.2 Å². The molecule has 3 heterocycles. The van der Waals surface area contributed by atoms with Crippen LogP contribution >= 0.6 is 0 Å². The van der Waals surface area contributed by atoms with E-state index in [0.717, 1.165) is 22.4 Å². The highest BCUT2D eigenvalue weighted by Crippen LogP contribution is 2.23. The Hall–Kier alpha value is -2.43. The summed E-state index contributed by atoms with van der Waals surface area (Å²) < 4.78 is 1.98. The molecule has 3 rings (SSSR count). The zero-order valence-electron chi connectivity index (χ0n) is 10.9. The number of nitrogens with zero attached hydrogens (tertiary/aromatic N) is 4. The lowest BCUT2D eigenvalue weighted by atomic mass is 10.1. The summed E-state index contributed by atoms with van der Waals surface area (Å²) in [6, 6.07) is 6.07.